The van der Waals surface area contributed by atoms with Crippen molar-refractivity contribution >= 4 is 12.0 Å². The molecule has 1 unspecified atom stereocenters. The molecular formula is C19H26N4O3. The Morgan fingerprint density at radius 3 is 2.58 bits per heavy atom. The molecule has 0 aliphatic carbocycles. The molecule has 1 aromatic carbocycles. The maximum Gasteiger partial charge on any atom is 0.413 e. The lowest BCUT2D eigenvalue weighted by atomic mass is 9.93. The normalized spacial score (nSPS) is 13.2. The van der Waals surface area contributed by atoms with Crippen molar-refractivity contribution in [2.24, 2.45) is 11.7 Å². The van der Waals surface area contributed by atoms with Crippen molar-refractivity contribution in [3.8, 4) is 17.0 Å². The second kappa shape index (κ2) is 8.62. The summed E-state index contributed by atoms with van der Waals surface area (Å²) in [7, 11) is 1.28. The molecule has 2 aromatic rings. The van der Waals surface area contributed by atoms with Crippen LogP contribution in [0.2, 0.25) is 0 Å². The van der Waals surface area contributed by atoms with Gasteiger partial charge in [0, 0.05) is 17.3 Å². The maximum atomic E-state index is 11.3. The summed E-state index contributed by atoms with van der Waals surface area (Å²) >= 11 is 0. The number of carbonyl (C=O) groups excluding carboxylic acids is 1. The van der Waals surface area contributed by atoms with Gasteiger partial charge in [-0.2, -0.15) is 0 Å². The Balaban J connectivity index is 2.03. The SMILES string of the molecule is COC(=O)Nc1nccc(-c2ccc(OCC(C)(N)CC(C)C)cc2)n1. The Hall–Kier alpha value is -2.67. The number of aromatic nitrogens is 2. The standard InChI is InChI=1S/C19H26N4O3/c1-13(2)11-19(3,20)12-26-15-7-5-14(6-8-15)16-9-10-21-17(22-16)23-18(24)25-4/h5-10,13H,11-12,20H2,1-4H3,(H,21,22,23,24). The molecule has 0 aliphatic rings. The predicted molar refractivity (Wildman–Crippen MR) is 101 cm³/mol. The number of amides is 1. The number of hydrogen-bond acceptors (Lipinski definition) is 6. The van der Waals surface area contributed by atoms with Gasteiger partial charge in [-0.25, -0.2) is 14.8 Å². The van der Waals surface area contributed by atoms with Gasteiger partial charge in [-0.3, -0.25) is 5.32 Å². The summed E-state index contributed by atoms with van der Waals surface area (Å²) in [6, 6.07) is 9.30. The molecule has 3 N–H and O–H groups in total. The molecule has 1 aromatic heterocycles. The van der Waals surface area contributed by atoms with Crippen molar-refractivity contribution in [2.45, 2.75) is 32.7 Å². The quantitative estimate of drug-likeness (QED) is 0.786. The fourth-order valence-corrected chi connectivity index (χ4v) is 2.68. The molecule has 0 aliphatic heterocycles. The summed E-state index contributed by atoms with van der Waals surface area (Å²) in [6.45, 7) is 6.74. The Labute approximate surface area is 153 Å². The lowest BCUT2D eigenvalue weighted by Gasteiger charge is -2.26. The molecule has 0 bridgehead atoms. The van der Waals surface area contributed by atoms with Crippen LogP contribution in [-0.2, 0) is 4.74 Å². The van der Waals surface area contributed by atoms with E-state index >= 15 is 0 Å². The summed E-state index contributed by atoms with van der Waals surface area (Å²) in [5.74, 6) is 1.44. The monoisotopic (exact) mass is 358 g/mol. The number of nitrogens with zero attached hydrogens (tertiary/aromatic N) is 2. The number of benzene rings is 1. The summed E-state index contributed by atoms with van der Waals surface area (Å²) in [5, 5.41) is 2.44. The summed E-state index contributed by atoms with van der Waals surface area (Å²) in [4.78, 5) is 19.5. The van der Waals surface area contributed by atoms with Crippen LogP contribution in [0, 0.1) is 5.92 Å². The molecule has 2 rings (SSSR count). The highest BCUT2D eigenvalue weighted by Gasteiger charge is 2.21. The minimum atomic E-state index is -0.614. The van der Waals surface area contributed by atoms with E-state index in [0.717, 1.165) is 17.7 Å². The number of nitrogens with two attached hydrogens (primary N) is 1. The molecule has 0 saturated carbocycles. The number of ether oxygens (including phenoxy) is 2. The van der Waals surface area contributed by atoms with Crippen molar-refractivity contribution in [1.29, 1.82) is 0 Å². The molecule has 1 atom stereocenters. The fraction of sp³-hybridized carbons (Fsp3) is 0.421. The van der Waals surface area contributed by atoms with Crippen LogP contribution in [0.25, 0.3) is 11.3 Å². The van der Waals surface area contributed by atoms with Crippen molar-refractivity contribution in [2.75, 3.05) is 19.0 Å². The van der Waals surface area contributed by atoms with Gasteiger partial charge in [0.15, 0.2) is 0 Å². The predicted octanol–water partition coefficient (Wildman–Crippen LogP) is 3.46. The van der Waals surface area contributed by atoms with Gasteiger partial charge in [0.25, 0.3) is 0 Å². The van der Waals surface area contributed by atoms with Crippen molar-refractivity contribution in [1.82, 2.24) is 9.97 Å². The van der Waals surface area contributed by atoms with E-state index in [-0.39, 0.29) is 11.5 Å². The lowest BCUT2D eigenvalue weighted by molar-refractivity contribution is 0.186. The number of rotatable bonds is 7. The van der Waals surface area contributed by atoms with Crippen LogP contribution in [0.15, 0.2) is 36.5 Å². The van der Waals surface area contributed by atoms with E-state index in [1.807, 2.05) is 31.2 Å². The highest BCUT2D eigenvalue weighted by molar-refractivity contribution is 5.82. The zero-order chi connectivity index (χ0) is 19.2. The molecule has 0 fully saturated rings. The van der Waals surface area contributed by atoms with Crippen LogP contribution in [0.3, 0.4) is 0 Å². The Morgan fingerprint density at radius 2 is 1.96 bits per heavy atom. The first-order chi connectivity index (χ1) is 12.3. The van der Waals surface area contributed by atoms with Gasteiger partial charge in [-0.05, 0) is 49.6 Å². The molecule has 0 spiro atoms. The average molecular weight is 358 g/mol. The second-order valence-corrected chi connectivity index (χ2v) is 6.95. The summed E-state index contributed by atoms with van der Waals surface area (Å²) in [6.07, 6.45) is 1.85. The third-order valence-electron chi connectivity index (χ3n) is 3.65. The number of carbonyl (C=O) groups is 1. The van der Waals surface area contributed by atoms with Gasteiger partial charge in [-0.15, -0.1) is 0 Å². The molecule has 1 amide bonds. The van der Waals surface area contributed by atoms with Crippen LogP contribution in [0.4, 0.5) is 10.7 Å². The minimum absolute atomic E-state index is 0.183. The Kier molecular flexibility index (Phi) is 6.52. The lowest BCUT2D eigenvalue weighted by Crippen LogP contribution is -2.43. The van der Waals surface area contributed by atoms with E-state index in [1.165, 1.54) is 7.11 Å². The van der Waals surface area contributed by atoms with Gasteiger partial charge < -0.3 is 15.2 Å². The van der Waals surface area contributed by atoms with Crippen LogP contribution in [0.1, 0.15) is 27.2 Å². The Bertz CT molecular complexity index is 730. The van der Waals surface area contributed by atoms with E-state index < -0.39 is 6.09 Å². The first-order valence-corrected chi connectivity index (χ1v) is 8.49. The van der Waals surface area contributed by atoms with Crippen LogP contribution in [0.5, 0.6) is 5.75 Å². The topological polar surface area (TPSA) is 99.4 Å². The van der Waals surface area contributed by atoms with Gasteiger partial charge in [-0.1, -0.05) is 13.8 Å². The molecule has 0 radical (unpaired) electrons. The number of anilines is 1. The molecule has 7 heteroatoms. The maximum absolute atomic E-state index is 11.3. The minimum Gasteiger partial charge on any atom is -0.492 e. The molecular weight excluding hydrogens is 332 g/mol. The zero-order valence-electron chi connectivity index (χ0n) is 15.7. The molecule has 1 heterocycles. The van der Waals surface area contributed by atoms with E-state index in [4.69, 9.17) is 10.5 Å². The largest absolute Gasteiger partial charge is 0.492 e. The van der Waals surface area contributed by atoms with E-state index in [0.29, 0.717) is 18.2 Å². The van der Waals surface area contributed by atoms with Gasteiger partial charge in [0.2, 0.25) is 5.95 Å². The van der Waals surface area contributed by atoms with Gasteiger partial charge in [0.1, 0.15) is 12.4 Å². The third-order valence-corrected chi connectivity index (χ3v) is 3.65. The first-order valence-electron chi connectivity index (χ1n) is 8.49. The van der Waals surface area contributed by atoms with Crippen LogP contribution >= 0.6 is 0 Å². The van der Waals surface area contributed by atoms with Gasteiger partial charge in [0.05, 0.1) is 12.8 Å². The highest BCUT2D eigenvalue weighted by Crippen LogP contribution is 2.22. The summed E-state index contributed by atoms with van der Waals surface area (Å²) in [5.41, 5.74) is 7.46. The first kappa shape index (κ1) is 19.7. The average Bonchev–Trinajstić information content (AvgIpc) is 2.59. The fourth-order valence-electron chi connectivity index (χ4n) is 2.68. The number of nitrogens with one attached hydrogen (secondary N) is 1. The van der Waals surface area contributed by atoms with Crippen LogP contribution in [-0.4, -0.2) is 35.3 Å². The van der Waals surface area contributed by atoms with Crippen molar-refractivity contribution in [3.05, 3.63) is 36.5 Å². The highest BCUT2D eigenvalue weighted by atomic mass is 16.5. The number of methoxy groups -OCH3 is 1. The molecule has 140 valence electrons. The summed E-state index contributed by atoms with van der Waals surface area (Å²) < 4.78 is 10.4. The van der Waals surface area contributed by atoms with Crippen molar-refractivity contribution in [3.63, 3.8) is 0 Å². The molecule has 7 nitrogen and oxygen atoms in total. The smallest absolute Gasteiger partial charge is 0.413 e. The number of hydrogen-bond donors (Lipinski definition) is 2. The van der Waals surface area contributed by atoms with Crippen LogP contribution < -0.4 is 15.8 Å². The van der Waals surface area contributed by atoms with E-state index in [2.05, 4.69) is 33.9 Å². The van der Waals surface area contributed by atoms with E-state index in [1.54, 1.807) is 12.3 Å². The molecule has 0 saturated heterocycles. The molecule has 26 heavy (non-hydrogen) atoms. The van der Waals surface area contributed by atoms with Crippen molar-refractivity contribution < 1.29 is 14.3 Å². The zero-order valence-corrected chi connectivity index (χ0v) is 15.7. The Morgan fingerprint density at radius 1 is 1.27 bits per heavy atom. The van der Waals surface area contributed by atoms with Gasteiger partial charge >= 0.3 is 6.09 Å². The third kappa shape index (κ3) is 6.00. The second-order valence-electron chi connectivity index (χ2n) is 6.95. The van der Waals surface area contributed by atoms with E-state index in [9.17, 15) is 4.79 Å².